The molecule has 0 heterocycles. The number of hydrogen-bond donors (Lipinski definition) is 0. The minimum absolute atomic E-state index is 0.239. The number of carbonyl (C=O) groups excluding carboxylic acids is 2. The molecule has 3 heteroatoms. The molecule has 3 nitrogen and oxygen atoms in total. The third-order valence-electron chi connectivity index (χ3n) is 4.19. The van der Waals surface area contributed by atoms with Gasteiger partial charge in [0.25, 0.3) is 0 Å². The van der Waals surface area contributed by atoms with Gasteiger partial charge in [0.1, 0.15) is 0 Å². The zero-order valence-corrected chi connectivity index (χ0v) is 14.8. The minimum Gasteiger partial charge on any atom is -0.445 e. The van der Waals surface area contributed by atoms with E-state index in [4.69, 9.17) is 4.74 Å². The van der Waals surface area contributed by atoms with E-state index in [0.29, 0.717) is 16.7 Å². The Bertz CT molecular complexity index is 894. The number of carbonyl (C=O) groups is 2. The highest BCUT2D eigenvalue weighted by Crippen LogP contribution is 2.24. The lowest BCUT2D eigenvalue weighted by Gasteiger charge is -2.17. The summed E-state index contributed by atoms with van der Waals surface area (Å²) in [6, 6.07) is 23.4. The van der Waals surface area contributed by atoms with Crippen LogP contribution < -0.4 is 0 Å². The predicted molar refractivity (Wildman–Crippen MR) is 101 cm³/mol. The molecule has 0 saturated carbocycles. The Hall–Kier alpha value is -3.20. The quantitative estimate of drug-likeness (QED) is 0.478. The summed E-state index contributed by atoms with van der Waals surface area (Å²) >= 11 is 0. The summed E-state index contributed by atoms with van der Waals surface area (Å²) in [6.07, 6.45) is -0.979. The summed E-state index contributed by atoms with van der Waals surface area (Å²) in [5, 5.41) is 0. The van der Waals surface area contributed by atoms with E-state index in [9.17, 15) is 9.59 Å². The van der Waals surface area contributed by atoms with Gasteiger partial charge in [-0.3, -0.25) is 4.79 Å². The number of benzene rings is 3. The van der Waals surface area contributed by atoms with Crippen molar-refractivity contribution in [3.05, 3.63) is 107 Å². The van der Waals surface area contributed by atoms with Gasteiger partial charge in [-0.05, 0) is 26.0 Å². The highest BCUT2D eigenvalue weighted by Gasteiger charge is 2.26. The Kier molecular flexibility index (Phi) is 5.28. The summed E-state index contributed by atoms with van der Waals surface area (Å²) in [4.78, 5) is 25.6. The van der Waals surface area contributed by atoms with Crippen LogP contribution in [0.1, 0.15) is 43.5 Å². The molecule has 0 amide bonds. The van der Waals surface area contributed by atoms with Gasteiger partial charge in [-0.15, -0.1) is 0 Å². The molecule has 0 aliphatic heterocycles. The maximum Gasteiger partial charge on any atom is 0.339 e. The second-order valence-corrected chi connectivity index (χ2v) is 6.29. The molecule has 130 valence electrons. The van der Waals surface area contributed by atoms with Gasteiger partial charge in [0.2, 0.25) is 5.78 Å². The summed E-state index contributed by atoms with van der Waals surface area (Å²) in [6.45, 7) is 3.91. The maximum atomic E-state index is 13.0. The summed E-state index contributed by atoms with van der Waals surface area (Å²) in [7, 11) is 0. The van der Waals surface area contributed by atoms with E-state index in [1.165, 1.54) is 0 Å². The lowest BCUT2D eigenvalue weighted by Crippen LogP contribution is -2.20. The number of ether oxygens (including phenoxy) is 1. The van der Waals surface area contributed by atoms with Crippen LogP contribution >= 0.6 is 0 Å². The molecular weight excluding hydrogens is 324 g/mol. The van der Waals surface area contributed by atoms with Crippen LogP contribution in [-0.2, 0) is 4.74 Å². The van der Waals surface area contributed by atoms with Gasteiger partial charge >= 0.3 is 5.97 Å². The van der Waals surface area contributed by atoms with Crippen LogP contribution in [0.15, 0.2) is 78.9 Å². The van der Waals surface area contributed by atoms with E-state index in [-0.39, 0.29) is 5.78 Å². The molecule has 0 spiro atoms. The van der Waals surface area contributed by atoms with Crippen LogP contribution in [0.5, 0.6) is 0 Å². The third-order valence-corrected chi connectivity index (χ3v) is 4.19. The van der Waals surface area contributed by atoms with E-state index in [2.05, 4.69) is 0 Å². The number of Topliss-reactive ketones (excluding diaryl/α,β-unsaturated/α-hetero) is 1. The molecule has 3 aromatic carbocycles. The van der Waals surface area contributed by atoms with Crippen LogP contribution in [0.2, 0.25) is 0 Å². The van der Waals surface area contributed by atoms with Gasteiger partial charge in [0.05, 0.1) is 5.56 Å². The Morgan fingerprint density at radius 2 is 1.19 bits per heavy atom. The average molecular weight is 344 g/mol. The molecule has 0 aliphatic carbocycles. The van der Waals surface area contributed by atoms with Crippen LogP contribution in [0.25, 0.3) is 0 Å². The van der Waals surface area contributed by atoms with Gasteiger partial charge in [-0.1, -0.05) is 77.9 Å². The van der Waals surface area contributed by atoms with Crippen LogP contribution in [0, 0.1) is 13.8 Å². The van der Waals surface area contributed by atoms with Crippen molar-refractivity contribution in [2.45, 2.75) is 20.0 Å². The van der Waals surface area contributed by atoms with Crippen molar-refractivity contribution < 1.29 is 14.3 Å². The Morgan fingerprint density at radius 1 is 0.692 bits per heavy atom. The van der Waals surface area contributed by atoms with Crippen LogP contribution in [0.3, 0.4) is 0 Å². The van der Waals surface area contributed by atoms with E-state index in [1.54, 1.807) is 36.4 Å². The Balaban J connectivity index is 1.91. The monoisotopic (exact) mass is 344 g/mol. The van der Waals surface area contributed by atoms with Gasteiger partial charge in [0.15, 0.2) is 6.10 Å². The van der Waals surface area contributed by atoms with Crippen molar-refractivity contribution in [1.29, 1.82) is 0 Å². The molecule has 0 radical (unpaired) electrons. The second-order valence-electron chi connectivity index (χ2n) is 6.29. The van der Waals surface area contributed by atoms with Crippen molar-refractivity contribution in [3.63, 3.8) is 0 Å². The fraction of sp³-hybridized carbons (Fsp3) is 0.130. The van der Waals surface area contributed by atoms with Crippen molar-refractivity contribution in [2.24, 2.45) is 0 Å². The number of hydrogen-bond acceptors (Lipinski definition) is 3. The largest absolute Gasteiger partial charge is 0.445 e. The van der Waals surface area contributed by atoms with E-state index < -0.39 is 12.1 Å². The topological polar surface area (TPSA) is 43.4 Å². The fourth-order valence-corrected chi connectivity index (χ4v) is 2.63. The fourth-order valence-electron chi connectivity index (χ4n) is 2.63. The van der Waals surface area contributed by atoms with Crippen molar-refractivity contribution >= 4 is 11.8 Å². The van der Waals surface area contributed by atoms with Crippen LogP contribution in [0.4, 0.5) is 0 Å². The van der Waals surface area contributed by atoms with E-state index in [0.717, 1.165) is 11.1 Å². The molecular formula is C23H20O3. The van der Waals surface area contributed by atoms with Crippen LogP contribution in [-0.4, -0.2) is 11.8 Å². The van der Waals surface area contributed by atoms with Crippen molar-refractivity contribution in [3.8, 4) is 0 Å². The number of aryl methyl sites for hydroxylation is 2. The standard InChI is InChI=1S/C23H20O3/c1-16-8-12-18(13-9-16)21(24)22(19-6-4-3-5-7-19)26-23(25)20-14-10-17(2)11-15-20/h3-15,22H,1-2H3/t22-/m1/s1. The third kappa shape index (κ3) is 4.06. The first-order valence-electron chi connectivity index (χ1n) is 8.48. The average Bonchev–Trinajstić information content (AvgIpc) is 2.67. The molecule has 26 heavy (non-hydrogen) atoms. The number of ketones is 1. The summed E-state index contributed by atoms with van der Waals surface area (Å²) in [5.41, 5.74) is 3.71. The maximum absolute atomic E-state index is 13.0. The molecule has 0 unspecified atom stereocenters. The smallest absolute Gasteiger partial charge is 0.339 e. The first kappa shape index (κ1) is 17.6. The molecule has 0 fully saturated rings. The Morgan fingerprint density at radius 3 is 1.73 bits per heavy atom. The van der Waals surface area contributed by atoms with Gasteiger partial charge < -0.3 is 4.74 Å². The molecule has 0 aromatic heterocycles. The highest BCUT2D eigenvalue weighted by atomic mass is 16.5. The molecule has 0 saturated heterocycles. The molecule has 3 aromatic rings. The lowest BCUT2D eigenvalue weighted by molar-refractivity contribution is 0.0280. The van der Waals surface area contributed by atoms with Gasteiger partial charge in [-0.25, -0.2) is 4.79 Å². The molecule has 0 aliphatic rings. The lowest BCUT2D eigenvalue weighted by atomic mass is 9.99. The molecule has 0 bridgehead atoms. The van der Waals surface area contributed by atoms with E-state index in [1.807, 2.05) is 56.3 Å². The zero-order chi connectivity index (χ0) is 18.5. The van der Waals surface area contributed by atoms with Crippen molar-refractivity contribution in [2.75, 3.05) is 0 Å². The first-order chi connectivity index (χ1) is 12.5. The molecule has 3 rings (SSSR count). The predicted octanol–water partition coefficient (Wildman–Crippen LogP) is 5.08. The molecule has 1 atom stereocenters. The number of esters is 1. The second kappa shape index (κ2) is 7.79. The van der Waals surface area contributed by atoms with Gasteiger partial charge in [0, 0.05) is 11.1 Å². The first-order valence-corrected chi connectivity index (χ1v) is 8.48. The zero-order valence-electron chi connectivity index (χ0n) is 14.8. The SMILES string of the molecule is Cc1ccc(C(=O)O[C@@H](C(=O)c2ccc(C)cc2)c2ccccc2)cc1. The minimum atomic E-state index is -0.979. The summed E-state index contributed by atoms with van der Waals surface area (Å²) < 4.78 is 5.62. The number of rotatable bonds is 5. The van der Waals surface area contributed by atoms with E-state index >= 15 is 0 Å². The molecule has 0 N–H and O–H groups in total. The van der Waals surface area contributed by atoms with Gasteiger partial charge in [-0.2, -0.15) is 0 Å². The normalized spacial score (nSPS) is 11.6. The highest BCUT2D eigenvalue weighted by molar-refractivity contribution is 6.02. The van der Waals surface area contributed by atoms with Crippen molar-refractivity contribution in [1.82, 2.24) is 0 Å². The Labute approximate surface area is 153 Å². The summed E-state index contributed by atoms with van der Waals surface area (Å²) in [5.74, 6) is -0.754.